The first-order chi connectivity index (χ1) is 16.1. The Kier molecular flexibility index (Phi) is 6.89. The maximum atomic E-state index is 13.5. The molecule has 9 heteroatoms. The number of hydrogen-bond acceptors (Lipinski definition) is 8. The molecule has 0 aliphatic rings. The highest BCUT2D eigenvalue weighted by Gasteiger charge is 2.27. The molecule has 0 saturated carbocycles. The van der Waals surface area contributed by atoms with E-state index in [4.69, 9.17) is 9.15 Å². The van der Waals surface area contributed by atoms with Crippen molar-refractivity contribution in [2.45, 2.75) is 25.9 Å². The van der Waals surface area contributed by atoms with Crippen molar-refractivity contribution in [1.29, 1.82) is 0 Å². The van der Waals surface area contributed by atoms with E-state index >= 15 is 0 Å². The average molecular weight is 463 g/mol. The number of pyridine rings is 2. The number of nitrogens with zero attached hydrogens (tertiary/aromatic N) is 4. The van der Waals surface area contributed by atoms with Gasteiger partial charge in [-0.05, 0) is 37.3 Å². The minimum absolute atomic E-state index is 0.0783. The topological polar surface area (TPSA) is 98.4 Å². The molecule has 4 rings (SSSR count). The number of methoxy groups -OCH3 is 1. The number of thiazole rings is 1. The first-order valence-electron chi connectivity index (χ1n) is 10.3. The Bertz CT molecular complexity index is 1220. The second-order valence-electron chi connectivity index (χ2n) is 7.25. The number of rotatable bonds is 8. The Morgan fingerprint density at radius 1 is 1.12 bits per heavy atom. The second-order valence-corrected chi connectivity index (χ2v) is 8.11. The fourth-order valence-electron chi connectivity index (χ4n) is 3.39. The van der Waals surface area contributed by atoms with Crippen LogP contribution in [0.3, 0.4) is 0 Å². The van der Waals surface area contributed by atoms with Gasteiger partial charge in [-0.2, -0.15) is 0 Å². The van der Waals surface area contributed by atoms with E-state index in [0.29, 0.717) is 11.3 Å². The van der Waals surface area contributed by atoms with Gasteiger partial charge in [0, 0.05) is 23.3 Å². The molecule has 168 valence electrons. The SMILES string of the molecule is COC(=O)c1occc1CN(C(=O)Cc1csc(-c2ccccn2)n1)[C@H](C)c1ccccn1. The summed E-state index contributed by atoms with van der Waals surface area (Å²) in [7, 11) is 1.29. The van der Waals surface area contributed by atoms with Gasteiger partial charge in [0.25, 0.3) is 0 Å². The number of amides is 1. The fourth-order valence-corrected chi connectivity index (χ4v) is 4.19. The van der Waals surface area contributed by atoms with E-state index in [0.717, 1.165) is 16.4 Å². The number of furan rings is 1. The number of carbonyl (C=O) groups excluding carboxylic acids is 2. The molecule has 8 nitrogen and oxygen atoms in total. The first-order valence-corrected chi connectivity index (χ1v) is 11.2. The number of ether oxygens (including phenoxy) is 1. The summed E-state index contributed by atoms with van der Waals surface area (Å²) in [6, 6.07) is 12.5. The summed E-state index contributed by atoms with van der Waals surface area (Å²) in [5.74, 6) is -0.662. The molecule has 0 spiro atoms. The van der Waals surface area contributed by atoms with Crippen LogP contribution in [0.1, 0.15) is 40.5 Å². The van der Waals surface area contributed by atoms with Crippen LogP contribution in [0.2, 0.25) is 0 Å². The van der Waals surface area contributed by atoms with Gasteiger partial charge in [-0.15, -0.1) is 11.3 Å². The summed E-state index contributed by atoms with van der Waals surface area (Å²) in [6.07, 6.45) is 4.91. The van der Waals surface area contributed by atoms with Gasteiger partial charge in [0.05, 0.1) is 49.5 Å². The maximum absolute atomic E-state index is 13.5. The van der Waals surface area contributed by atoms with E-state index in [-0.39, 0.29) is 30.7 Å². The normalized spacial score (nSPS) is 11.7. The third-order valence-electron chi connectivity index (χ3n) is 5.13. The minimum atomic E-state index is -0.590. The third-order valence-corrected chi connectivity index (χ3v) is 6.04. The van der Waals surface area contributed by atoms with Crippen molar-refractivity contribution in [3.8, 4) is 10.7 Å². The number of esters is 1. The molecule has 0 aliphatic carbocycles. The first kappa shape index (κ1) is 22.3. The van der Waals surface area contributed by atoms with E-state index in [9.17, 15) is 9.59 Å². The quantitative estimate of drug-likeness (QED) is 0.360. The van der Waals surface area contributed by atoms with Crippen LogP contribution in [0.25, 0.3) is 10.7 Å². The van der Waals surface area contributed by atoms with Gasteiger partial charge in [-0.25, -0.2) is 9.78 Å². The van der Waals surface area contributed by atoms with Crippen LogP contribution >= 0.6 is 11.3 Å². The Labute approximate surface area is 194 Å². The zero-order valence-electron chi connectivity index (χ0n) is 18.2. The third kappa shape index (κ3) is 5.15. The average Bonchev–Trinajstić information content (AvgIpc) is 3.52. The van der Waals surface area contributed by atoms with Gasteiger partial charge in [0.1, 0.15) is 5.01 Å². The fraction of sp³-hybridized carbons (Fsp3) is 0.208. The van der Waals surface area contributed by atoms with Crippen molar-refractivity contribution >= 4 is 23.2 Å². The van der Waals surface area contributed by atoms with Crippen LogP contribution < -0.4 is 0 Å². The molecule has 4 aromatic rings. The van der Waals surface area contributed by atoms with Crippen LogP contribution in [0.15, 0.2) is 70.9 Å². The molecule has 1 atom stereocenters. The maximum Gasteiger partial charge on any atom is 0.374 e. The van der Waals surface area contributed by atoms with Gasteiger partial charge in [0.15, 0.2) is 0 Å². The smallest absolute Gasteiger partial charge is 0.374 e. The van der Waals surface area contributed by atoms with Crippen molar-refractivity contribution in [2.24, 2.45) is 0 Å². The van der Waals surface area contributed by atoms with Crippen molar-refractivity contribution < 1.29 is 18.7 Å². The minimum Gasteiger partial charge on any atom is -0.463 e. The molecular formula is C24H22N4O4S. The number of aromatic nitrogens is 3. The molecular weight excluding hydrogens is 440 g/mol. The van der Waals surface area contributed by atoms with Crippen molar-refractivity contribution in [2.75, 3.05) is 7.11 Å². The summed E-state index contributed by atoms with van der Waals surface area (Å²) in [5.41, 5.74) is 2.72. The zero-order chi connectivity index (χ0) is 23.2. The molecule has 0 saturated heterocycles. The zero-order valence-corrected chi connectivity index (χ0v) is 19.0. The molecule has 0 radical (unpaired) electrons. The van der Waals surface area contributed by atoms with Gasteiger partial charge >= 0.3 is 5.97 Å². The van der Waals surface area contributed by atoms with Gasteiger partial charge in [0.2, 0.25) is 11.7 Å². The van der Waals surface area contributed by atoms with Crippen molar-refractivity contribution in [3.05, 3.63) is 89.2 Å². The molecule has 0 fully saturated rings. The lowest BCUT2D eigenvalue weighted by atomic mass is 10.1. The predicted molar refractivity (Wildman–Crippen MR) is 122 cm³/mol. The number of carbonyl (C=O) groups is 2. The van der Waals surface area contributed by atoms with E-state index in [1.807, 2.05) is 48.7 Å². The van der Waals surface area contributed by atoms with Gasteiger partial charge in [-0.3, -0.25) is 14.8 Å². The van der Waals surface area contributed by atoms with Gasteiger partial charge < -0.3 is 14.1 Å². The molecule has 0 unspecified atom stereocenters. The van der Waals surface area contributed by atoms with E-state index < -0.39 is 5.97 Å². The predicted octanol–water partition coefficient (Wildman–Crippen LogP) is 4.31. The van der Waals surface area contributed by atoms with Crippen molar-refractivity contribution in [3.63, 3.8) is 0 Å². The Morgan fingerprint density at radius 2 is 1.91 bits per heavy atom. The van der Waals surface area contributed by atoms with Crippen LogP contribution in [0.4, 0.5) is 0 Å². The summed E-state index contributed by atoms with van der Waals surface area (Å²) in [5, 5.41) is 2.62. The highest BCUT2D eigenvalue weighted by atomic mass is 32.1. The highest BCUT2D eigenvalue weighted by Crippen LogP contribution is 2.26. The Hall–Kier alpha value is -3.85. The second kappa shape index (κ2) is 10.2. The molecule has 1 amide bonds. The van der Waals surface area contributed by atoms with E-state index in [2.05, 4.69) is 15.0 Å². The molecule has 0 N–H and O–H groups in total. The summed E-state index contributed by atoms with van der Waals surface area (Å²) in [4.78, 5) is 40.5. The monoisotopic (exact) mass is 462 g/mol. The highest BCUT2D eigenvalue weighted by molar-refractivity contribution is 7.13. The van der Waals surface area contributed by atoms with Crippen LogP contribution in [0, 0.1) is 0 Å². The molecule has 4 heterocycles. The molecule has 0 aromatic carbocycles. The number of hydrogen-bond donors (Lipinski definition) is 0. The van der Waals surface area contributed by atoms with Crippen molar-refractivity contribution in [1.82, 2.24) is 19.9 Å². The van der Waals surface area contributed by atoms with Crippen LogP contribution in [0.5, 0.6) is 0 Å². The lowest BCUT2D eigenvalue weighted by Gasteiger charge is -2.29. The lowest BCUT2D eigenvalue weighted by Crippen LogP contribution is -2.35. The molecule has 4 aromatic heterocycles. The van der Waals surface area contributed by atoms with Crippen LogP contribution in [-0.2, 0) is 22.5 Å². The Balaban J connectivity index is 1.59. The molecule has 0 bridgehead atoms. The summed E-state index contributed by atoms with van der Waals surface area (Å²) in [6.45, 7) is 2.06. The van der Waals surface area contributed by atoms with Crippen LogP contribution in [-0.4, -0.2) is 38.8 Å². The van der Waals surface area contributed by atoms with E-state index in [1.165, 1.54) is 24.7 Å². The van der Waals surface area contributed by atoms with E-state index in [1.54, 1.807) is 23.4 Å². The summed E-state index contributed by atoms with van der Waals surface area (Å²) >= 11 is 1.44. The largest absolute Gasteiger partial charge is 0.463 e. The standard InChI is InChI=1S/C24H22N4O4S/c1-16(19-7-3-5-10-25-19)28(14-17-9-12-32-22(17)24(30)31-2)21(29)13-18-15-33-23(27-18)20-8-4-6-11-26-20/h3-12,15-16H,13-14H2,1-2H3/t16-/m1/s1. The Morgan fingerprint density at radius 3 is 2.61 bits per heavy atom. The molecule has 0 aliphatic heterocycles. The lowest BCUT2D eigenvalue weighted by molar-refractivity contribution is -0.133. The summed E-state index contributed by atoms with van der Waals surface area (Å²) < 4.78 is 10.1. The van der Waals surface area contributed by atoms with Gasteiger partial charge in [-0.1, -0.05) is 12.1 Å². The molecule has 33 heavy (non-hydrogen) atoms.